The number of amides is 1. The zero-order valence-corrected chi connectivity index (χ0v) is 11.6. The van der Waals surface area contributed by atoms with Gasteiger partial charge in [0.15, 0.2) is 0 Å². The van der Waals surface area contributed by atoms with Crippen molar-refractivity contribution >= 4 is 35.2 Å². The van der Waals surface area contributed by atoms with Gasteiger partial charge in [-0.1, -0.05) is 11.6 Å². The maximum Gasteiger partial charge on any atom is 0.326 e. The first kappa shape index (κ1) is 15.8. The standard InChI is InChI=1S/C12H14ClNO4S/c13-8-1-3-9(4-2-8)19-7-11(16)14-10(5-6-15)12(17)18/h1-4,10,15H,5-7H2,(H,14,16)(H,17,18)/t10-/m0/s1. The van der Waals surface area contributed by atoms with E-state index in [9.17, 15) is 9.59 Å². The Morgan fingerprint density at radius 1 is 1.32 bits per heavy atom. The van der Waals surface area contributed by atoms with E-state index in [1.54, 1.807) is 24.3 Å². The third-order valence-electron chi connectivity index (χ3n) is 2.23. The molecule has 0 saturated heterocycles. The number of carboxylic acids is 1. The topological polar surface area (TPSA) is 86.6 Å². The second-order valence-electron chi connectivity index (χ2n) is 3.71. The molecular weight excluding hydrogens is 290 g/mol. The molecule has 0 aromatic heterocycles. The molecule has 5 nitrogen and oxygen atoms in total. The molecule has 1 atom stereocenters. The number of carboxylic acid groups (broad SMARTS) is 1. The maximum absolute atomic E-state index is 11.6. The van der Waals surface area contributed by atoms with Crippen molar-refractivity contribution in [2.45, 2.75) is 17.4 Å². The van der Waals surface area contributed by atoms with Gasteiger partial charge in [0, 0.05) is 22.9 Å². The monoisotopic (exact) mass is 303 g/mol. The zero-order chi connectivity index (χ0) is 14.3. The van der Waals surface area contributed by atoms with Gasteiger partial charge in [0.2, 0.25) is 5.91 Å². The van der Waals surface area contributed by atoms with Crippen LogP contribution in [0.2, 0.25) is 5.02 Å². The molecule has 104 valence electrons. The Morgan fingerprint density at radius 2 is 1.95 bits per heavy atom. The quantitative estimate of drug-likeness (QED) is 0.663. The van der Waals surface area contributed by atoms with Crippen molar-refractivity contribution in [3.8, 4) is 0 Å². The van der Waals surface area contributed by atoms with E-state index in [1.807, 2.05) is 0 Å². The lowest BCUT2D eigenvalue weighted by molar-refractivity contribution is -0.141. The van der Waals surface area contributed by atoms with Gasteiger partial charge in [-0.2, -0.15) is 0 Å². The van der Waals surface area contributed by atoms with Crippen molar-refractivity contribution in [3.05, 3.63) is 29.3 Å². The second kappa shape index (κ2) is 8.04. The highest BCUT2D eigenvalue weighted by atomic mass is 35.5. The Kier molecular flexibility index (Phi) is 6.69. The number of benzene rings is 1. The minimum absolute atomic E-state index is 0.00726. The van der Waals surface area contributed by atoms with Crippen LogP contribution in [0.15, 0.2) is 29.2 Å². The number of carbonyl (C=O) groups excluding carboxylic acids is 1. The van der Waals surface area contributed by atoms with Crippen LogP contribution >= 0.6 is 23.4 Å². The summed E-state index contributed by atoms with van der Waals surface area (Å²) in [6.45, 7) is -0.290. The number of carbonyl (C=O) groups is 2. The lowest BCUT2D eigenvalue weighted by Gasteiger charge is -2.12. The van der Waals surface area contributed by atoms with E-state index in [1.165, 1.54) is 11.8 Å². The SMILES string of the molecule is O=C(CSc1ccc(Cl)cc1)N[C@@H](CCO)C(=O)O. The van der Waals surface area contributed by atoms with Crippen LogP contribution in [0.1, 0.15) is 6.42 Å². The first-order valence-corrected chi connectivity index (χ1v) is 6.90. The maximum atomic E-state index is 11.6. The van der Waals surface area contributed by atoms with Crippen LogP contribution in [-0.4, -0.2) is 40.5 Å². The van der Waals surface area contributed by atoms with Crippen LogP contribution in [-0.2, 0) is 9.59 Å². The van der Waals surface area contributed by atoms with E-state index < -0.39 is 12.0 Å². The number of aliphatic hydroxyl groups is 1. The first-order valence-electron chi connectivity index (χ1n) is 5.54. The molecule has 3 N–H and O–H groups in total. The van der Waals surface area contributed by atoms with E-state index in [0.717, 1.165) is 4.90 Å². The molecule has 0 unspecified atom stereocenters. The minimum Gasteiger partial charge on any atom is -0.480 e. The van der Waals surface area contributed by atoms with Crippen LogP contribution < -0.4 is 5.32 Å². The molecule has 0 heterocycles. The van der Waals surface area contributed by atoms with Gasteiger partial charge in [0.05, 0.1) is 5.75 Å². The number of nitrogens with one attached hydrogen (secondary N) is 1. The van der Waals surface area contributed by atoms with Crippen molar-refractivity contribution in [2.24, 2.45) is 0 Å². The van der Waals surface area contributed by atoms with Gasteiger partial charge in [-0.25, -0.2) is 4.79 Å². The molecule has 7 heteroatoms. The van der Waals surface area contributed by atoms with E-state index >= 15 is 0 Å². The molecule has 0 spiro atoms. The number of hydrogen-bond donors (Lipinski definition) is 3. The molecule has 1 aromatic rings. The molecule has 0 bridgehead atoms. The van der Waals surface area contributed by atoms with Gasteiger partial charge >= 0.3 is 5.97 Å². The van der Waals surface area contributed by atoms with Crippen molar-refractivity contribution in [1.82, 2.24) is 5.32 Å². The molecular formula is C12H14ClNO4S. The molecule has 1 aromatic carbocycles. The molecule has 0 saturated carbocycles. The summed E-state index contributed by atoms with van der Waals surface area (Å²) in [5, 5.41) is 20.5. The van der Waals surface area contributed by atoms with Crippen LogP contribution in [0.5, 0.6) is 0 Å². The third-order valence-corrected chi connectivity index (χ3v) is 3.50. The predicted octanol–water partition coefficient (Wildman–Crippen LogP) is 1.38. The number of aliphatic carboxylic acids is 1. The van der Waals surface area contributed by atoms with Crippen molar-refractivity contribution in [3.63, 3.8) is 0 Å². The van der Waals surface area contributed by atoms with Gasteiger partial charge in [0.1, 0.15) is 6.04 Å². The summed E-state index contributed by atoms with van der Waals surface area (Å²) >= 11 is 7.02. The van der Waals surface area contributed by atoms with Gasteiger partial charge in [-0.3, -0.25) is 4.79 Å². The fourth-order valence-electron chi connectivity index (χ4n) is 1.30. The molecule has 0 radical (unpaired) electrons. The summed E-state index contributed by atoms with van der Waals surface area (Å²) in [6, 6.07) is 5.94. The average Bonchev–Trinajstić information content (AvgIpc) is 2.37. The largest absolute Gasteiger partial charge is 0.480 e. The molecule has 0 fully saturated rings. The summed E-state index contributed by atoms with van der Waals surface area (Å²) in [6.07, 6.45) is -0.00726. The van der Waals surface area contributed by atoms with Gasteiger partial charge < -0.3 is 15.5 Å². The number of halogens is 1. The normalized spacial score (nSPS) is 11.9. The Morgan fingerprint density at radius 3 is 2.47 bits per heavy atom. The fraction of sp³-hybridized carbons (Fsp3) is 0.333. The van der Waals surface area contributed by atoms with Crippen LogP contribution in [0.25, 0.3) is 0 Å². The van der Waals surface area contributed by atoms with Gasteiger partial charge in [0.25, 0.3) is 0 Å². The predicted molar refractivity (Wildman–Crippen MR) is 73.4 cm³/mol. The second-order valence-corrected chi connectivity index (χ2v) is 5.20. The highest BCUT2D eigenvalue weighted by Crippen LogP contribution is 2.19. The first-order chi connectivity index (χ1) is 9.02. The van der Waals surface area contributed by atoms with Gasteiger partial charge in [-0.15, -0.1) is 11.8 Å². The Balaban J connectivity index is 2.42. The molecule has 0 aliphatic heterocycles. The number of aliphatic hydroxyl groups excluding tert-OH is 1. The van der Waals surface area contributed by atoms with Crippen LogP contribution in [0.4, 0.5) is 0 Å². The third kappa shape index (κ3) is 5.96. The summed E-state index contributed by atoms with van der Waals surface area (Å²) in [5.41, 5.74) is 0. The highest BCUT2D eigenvalue weighted by Gasteiger charge is 2.18. The molecule has 1 rings (SSSR count). The summed E-state index contributed by atoms with van der Waals surface area (Å²) < 4.78 is 0. The minimum atomic E-state index is -1.15. The lowest BCUT2D eigenvalue weighted by atomic mass is 10.2. The summed E-state index contributed by atoms with van der Waals surface area (Å²) in [7, 11) is 0. The van der Waals surface area contributed by atoms with E-state index in [2.05, 4.69) is 5.32 Å². The van der Waals surface area contributed by atoms with E-state index in [0.29, 0.717) is 5.02 Å². The molecule has 1 amide bonds. The van der Waals surface area contributed by atoms with Crippen molar-refractivity contribution < 1.29 is 19.8 Å². The Labute approximate surface area is 120 Å². The molecule has 19 heavy (non-hydrogen) atoms. The summed E-state index contributed by atoms with van der Waals surface area (Å²) in [4.78, 5) is 23.2. The zero-order valence-electron chi connectivity index (χ0n) is 10.0. The lowest BCUT2D eigenvalue weighted by Crippen LogP contribution is -2.42. The highest BCUT2D eigenvalue weighted by molar-refractivity contribution is 8.00. The van der Waals surface area contributed by atoms with Crippen LogP contribution in [0.3, 0.4) is 0 Å². The molecule has 0 aliphatic carbocycles. The van der Waals surface area contributed by atoms with Gasteiger partial charge in [-0.05, 0) is 24.3 Å². The van der Waals surface area contributed by atoms with Crippen molar-refractivity contribution in [1.29, 1.82) is 0 Å². The van der Waals surface area contributed by atoms with Crippen molar-refractivity contribution in [2.75, 3.05) is 12.4 Å². The smallest absolute Gasteiger partial charge is 0.326 e. The molecule has 0 aliphatic rings. The van der Waals surface area contributed by atoms with E-state index in [-0.39, 0.29) is 24.7 Å². The number of rotatable bonds is 7. The Hall–Kier alpha value is -1.24. The summed E-state index contributed by atoms with van der Waals surface area (Å²) in [5.74, 6) is -1.43. The Bertz CT molecular complexity index is 438. The van der Waals surface area contributed by atoms with Crippen LogP contribution in [0, 0.1) is 0 Å². The fourth-order valence-corrected chi connectivity index (χ4v) is 2.14. The van der Waals surface area contributed by atoms with E-state index in [4.69, 9.17) is 21.8 Å². The number of thioether (sulfide) groups is 1. The average molecular weight is 304 g/mol. The number of hydrogen-bond acceptors (Lipinski definition) is 4.